The molecule has 0 aliphatic heterocycles. The Bertz CT molecular complexity index is 786. The van der Waals surface area contributed by atoms with Crippen molar-refractivity contribution in [3.8, 4) is 16.9 Å². The number of benzene rings is 2. The van der Waals surface area contributed by atoms with Gasteiger partial charge in [0.15, 0.2) is 0 Å². The summed E-state index contributed by atoms with van der Waals surface area (Å²) < 4.78 is 40.7. The average molecular weight is 404 g/mol. The zero-order valence-electron chi connectivity index (χ0n) is 16.7. The maximum atomic E-state index is 12.3. The Kier molecular flexibility index (Phi) is 6.99. The van der Waals surface area contributed by atoms with Crippen molar-refractivity contribution in [2.45, 2.75) is 64.1 Å². The van der Waals surface area contributed by atoms with E-state index in [4.69, 9.17) is 0 Å². The minimum atomic E-state index is -4.68. The summed E-state index contributed by atoms with van der Waals surface area (Å²) in [4.78, 5) is 11.9. The van der Waals surface area contributed by atoms with Crippen LogP contribution in [-0.4, -0.2) is 12.1 Å². The molecule has 2 nitrogen and oxygen atoms in total. The molecule has 1 aliphatic carbocycles. The SMILES string of the molecule is CCCC(=O)CC1CCC(c2ccc(-c3ccc(OC(F)(F)F)cc3)cc2)CC1. The van der Waals surface area contributed by atoms with Gasteiger partial charge in [0.1, 0.15) is 11.5 Å². The van der Waals surface area contributed by atoms with Gasteiger partial charge in [-0.1, -0.05) is 43.3 Å². The van der Waals surface area contributed by atoms with Crippen molar-refractivity contribution in [1.29, 1.82) is 0 Å². The second kappa shape index (κ2) is 9.47. The molecule has 156 valence electrons. The first kappa shape index (κ1) is 21.4. The maximum Gasteiger partial charge on any atom is 0.573 e. The molecule has 0 amide bonds. The van der Waals surface area contributed by atoms with Crippen molar-refractivity contribution >= 4 is 5.78 Å². The van der Waals surface area contributed by atoms with Crippen LogP contribution >= 0.6 is 0 Å². The van der Waals surface area contributed by atoms with Gasteiger partial charge in [0.25, 0.3) is 0 Å². The van der Waals surface area contributed by atoms with Crippen LogP contribution in [0.25, 0.3) is 11.1 Å². The van der Waals surface area contributed by atoms with E-state index in [2.05, 4.69) is 16.9 Å². The number of halogens is 3. The smallest absolute Gasteiger partial charge is 0.406 e. The summed E-state index contributed by atoms with van der Waals surface area (Å²) in [5.41, 5.74) is 3.11. The van der Waals surface area contributed by atoms with Gasteiger partial charge in [-0.3, -0.25) is 4.79 Å². The lowest BCUT2D eigenvalue weighted by Crippen LogP contribution is -2.16. The molecule has 1 fully saturated rings. The number of hydrogen-bond donors (Lipinski definition) is 0. The minimum absolute atomic E-state index is 0.216. The van der Waals surface area contributed by atoms with E-state index in [9.17, 15) is 18.0 Å². The molecule has 0 N–H and O–H groups in total. The van der Waals surface area contributed by atoms with Crippen LogP contribution in [0.1, 0.15) is 63.4 Å². The van der Waals surface area contributed by atoms with Gasteiger partial charge in [-0.2, -0.15) is 0 Å². The van der Waals surface area contributed by atoms with Crippen molar-refractivity contribution in [1.82, 2.24) is 0 Å². The molecule has 2 aromatic rings. The fraction of sp³-hybridized carbons (Fsp3) is 0.458. The van der Waals surface area contributed by atoms with E-state index in [1.165, 1.54) is 17.7 Å². The first-order valence-corrected chi connectivity index (χ1v) is 10.3. The van der Waals surface area contributed by atoms with Crippen LogP contribution in [0, 0.1) is 5.92 Å². The zero-order valence-corrected chi connectivity index (χ0v) is 16.7. The number of carbonyl (C=O) groups excluding carboxylic acids is 1. The second-order valence-corrected chi connectivity index (χ2v) is 7.90. The molecule has 3 rings (SSSR count). The van der Waals surface area contributed by atoms with Crippen molar-refractivity contribution < 1.29 is 22.7 Å². The summed E-state index contributed by atoms with van der Waals surface area (Å²) in [5.74, 6) is 1.23. The van der Waals surface area contributed by atoms with E-state index in [1.54, 1.807) is 12.1 Å². The fourth-order valence-electron chi connectivity index (χ4n) is 4.20. The van der Waals surface area contributed by atoms with Gasteiger partial charge in [0.2, 0.25) is 0 Å². The quantitative estimate of drug-likeness (QED) is 0.484. The fourth-order valence-corrected chi connectivity index (χ4v) is 4.20. The summed E-state index contributed by atoms with van der Waals surface area (Å²) in [6.07, 6.45) is 2.09. The van der Waals surface area contributed by atoms with Gasteiger partial charge < -0.3 is 4.74 Å². The topological polar surface area (TPSA) is 26.3 Å². The highest BCUT2D eigenvalue weighted by atomic mass is 19.4. The number of hydrogen-bond acceptors (Lipinski definition) is 2. The molecule has 0 radical (unpaired) electrons. The lowest BCUT2D eigenvalue weighted by Gasteiger charge is -2.28. The molecule has 1 aliphatic rings. The third-order valence-electron chi connectivity index (χ3n) is 5.70. The number of carbonyl (C=O) groups is 1. The molecule has 2 aromatic carbocycles. The number of alkyl halides is 3. The third-order valence-corrected chi connectivity index (χ3v) is 5.70. The molecular formula is C24H27F3O2. The molecule has 5 heteroatoms. The molecule has 0 heterocycles. The number of ketones is 1. The van der Waals surface area contributed by atoms with E-state index < -0.39 is 6.36 Å². The van der Waals surface area contributed by atoms with Gasteiger partial charge in [-0.15, -0.1) is 13.2 Å². The Morgan fingerprint density at radius 2 is 1.48 bits per heavy atom. The van der Waals surface area contributed by atoms with Gasteiger partial charge in [0.05, 0.1) is 0 Å². The van der Waals surface area contributed by atoms with Crippen LogP contribution in [0.15, 0.2) is 48.5 Å². The summed E-state index contributed by atoms with van der Waals surface area (Å²) in [6, 6.07) is 14.2. The summed E-state index contributed by atoms with van der Waals surface area (Å²) >= 11 is 0. The van der Waals surface area contributed by atoms with Gasteiger partial charge >= 0.3 is 6.36 Å². The lowest BCUT2D eigenvalue weighted by molar-refractivity contribution is -0.274. The van der Waals surface area contributed by atoms with E-state index in [1.807, 2.05) is 19.1 Å². The van der Waals surface area contributed by atoms with Gasteiger partial charge in [-0.25, -0.2) is 0 Å². The molecule has 1 saturated carbocycles. The number of rotatable bonds is 7. The van der Waals surface area contributed by atoms with Crippen LogP contribution in [0.5, 0.6) is 5.75 Å². The largest absolute Gasteiger partial charge is 0.573 e. The third kappa shape index (κ3) is 6.34. The van der Waals surface area contributed by atoms with E-state index in [0.717, 1.165) is 49.7 Å². The van der Waals surface area contributed by atoms with Crippen LogP contribution in [0.3, 0.4) is 0 Å². The summed E-state index contributed by atoms with van der Waals surface area (Å²) in [6.45, 7) is 2.04. The standard InChI is InChI=1S/C24H27F3O2/c1-2-3-22(28)16-17-4-6-18(7-5-17)19-8-10-20(11-9-19)21-12-14-23(15-13-21)29-24(25,26)27/h8-15,17-18H,2-7,16H2,1H3. The number of Topliss-reactive ketones (excluding diaryl/α,β-unsaturated/α-hetero) is 1. The molecule has 0 bridgehead atoms. The zero-order chi connectivity index (χ0) is 20.9. The Labute approximate surface area is 170 Å². The van der Waals surface area contributed by atoms with Crippen LogP contribution in [-0.2, 0) is 4.79 Å². The van der Waals surface area contributed by atoms with Crippen molar-refractivity contribution in [2.75, 3.05) is 0 Å². The molecule has 0 saturated heterocycles. The second-order valence-electron chi connectivity index (χ2n) is 7.90. The summed E-state index contributed by atoms with van der Waals surface area (Å²) in [7, 11) is 0. The van der Waals surface area contributed by atoms with Crippen LogP contribution in [0.2, 0.25) is 0 Å². The van der Waals surface area contributed by atoms with E-state index >= 15 is 0 Å². The Morgan fingerprint density at radius 3 is 2.00 bits per heavy atom. The molecule has 0 spiro atoms. The average Bonchev–Trinajstić information content (AvgIpc) is 2.68. The van der Waals surface area contributed by atoms with E-state index in [0.29, 0.717) is 24.0 Å². The first-order chi connectivity index (χ1) is 13.8. The Hall–Kier alpha value is -2.30. The predicted octanol–water partition coefficient (Wildman–Crippen LogP) is 7.29. The van der Waals surface area contributed by atoms with Crippen molar-refractivity contribution in [3.05, 3.63) is 54.1 Å². The van der Waals surface area contributed by atoms with Crippen LogP contribution < -0.4 is 4.74 Å². The molecule has 29 heavy (non-hydrogen) atoms. The highest BCUT2D eigenvalue weighted by Crippen LogP contribution is 2.38. The van der Waals surface area contributed by atoms with E-state index in [-0.39, 0.29) is 5.75 Å². The Balaban J connectivity index is 1.56. The van der Waals surface area contributed by atoms with Crippen LogP contribution in [0.4, 0.5) is 13.2 Å². The van der Waals surface area contributed by atoms with Crippen molar-refractivity contribution in [3.63, 3.8) is 0 Å². The molecule has 0 atom stereocenters. The number of ether oxygens (including phenoxy) is 1. The maximum absolute atomic E-state index is 12.3. The Morgan fingerprint density at radius 1 is 0.931 bits per heavy atom. The van der Waals surface area contributed by atoms with Gasteiger partial charge in [0, 0.05) is 12.8 Å². The molecular weight excluding hydrogens is 377 g/mol. The van der Waals surface area contributed by atoms with Crippen molar-refractivity contribution in [2.24, 2.45) is 5.92 Å². The normalized spacial score (nSPS) is 19.7. The molecule has 0 aromatic heterocycles. The summed E-state index contributed by atoms with van der Waals surface area (Å²) in [5, 5.41) is 0. The predicted molar refractivity (Wildman–Crippen MR) is 108 cm³/mol. The minimum Gasteiger partial charge on any atom is -0.406 e. The first-order valence-electron chi connectivity index (χ1n) is 10.3. The van der Waals surface area contributed by atoms with Gasteiger partial charge in [-0.05, 0) is 72.8 Å². The monoisotopic (exact) mass is 404 g/mol. The highest BCUT2D eigenvalue weighted by Gasteiger charge is 2.31. The molecule has 0 unspecified atom stereocenters. The highest BCUT2D eigenvalue weighted by molar-refractivity contribution is 5.78. The lowest BCUT2D eigenvalue weighted by atomic mass is 9.76.